The second kappa shape index (κ2) is 25.3. The van der Waals surface area contributed by atoms with Crippen LogP contribution >= 0.6 is 0 Å². The number of aliphatic imine (C=N–C) groups is 1. The first-order chi connectivity index (χ1) is 19.6. The second-order valence-electron chi connectivity index (χ2n) is 8.76. The molecule has 1 fully saturated rings. The van der Waals surface area contributed by atoms with Gasteiger partial charge >= 0.3 is 5.97 Å². The normalized spacial score (nSPS) is 14.8. The molecule has 2 amide bonds. The maximum atomic E-state index is 11.9. The number of nitrogens with zero attached hydrogens (tertiary/aromatic N) is 2. The predicted octanol–water partition coefficient (Wildman–Crippen LogP) is 2.72. The van der Waals surface area contributed by atoms with Crippen LogP contribution in [0.2, 0.25) is 0 Å². The van der Waals surface area contributed by atoms with Crippen molar-refractivity contribution in [1.82, 2.24) is 10.4 Å². The van der Waals surface area contributed by atoms with Gasteiger partial charge in [0.05, 0.1) is 39.6 Å². The average Bonchev–Trinajstić information content (AvgIpc) is 3.26. The van der Waals surface area contributed by atoms with Crippen molar-refractivity contribution in [2.45, 2.75) is 64.9 Å². The minimum absolute atomic E-state index is 0.0528. The number of amides is 2. The van der Waals surface area contributed by atoms with Gasteiger partial charge in [0.25, 0.3) is 11.8 Å². The van der Waals surface area contributed by atoms with E-state index in [0.717, 1.165) is 32.2 Å². The Labute approximate surface area is 238 Å². The number of nitrogens with one attached hydrogen (secondary N) is 1. The first kappa shape index (κ1) is 35.4. The molecule has 0 aromatic carbocycles. The summed E-state index contributed by atoms with van der Waals surface area (Å²) < 4.78 is 28.0. The molecule has 0 aromatic heterocycles. The summed E-state index contributed by atoms with van der Waals surface area (Å²) in [4.78, 5) is 44.1. The lowest BCUT2D eigenvalue weighted by Crippen LogP contribution is -2.32. The molecule has 1 aliphatic rings. The number of ether oxygens (including phenoxy) is 5. The van der Waals surface area contributed by atoms with Crippen molar-refractivity contribution in [1.29, 1.82) is 0 Å². The van der Waals surface area contributed by atoms with Gasteiger partial charge in [0.1, 0.15) is 12.7 Å². The molecule has 1 unspecified atom stereocenters. The van der Waals surface area contributed by atoms with Gasteiger partial charge in [0.15, 0.2) is 6.40 Å². The summed E-state index contributed by atoms with van der Waals surface area (Å²) in [6, 6.07) is 0. The van der Waals surface area contributed by atoms with Gasteiger partial charge in [-0.2, -0.15) is 0 Å². The zero-order valence-corrected chi connectivity index (χ0v) is 24.1. The van der Waals surface area contributed by atoms with Crippen LogP contribution in [0, 0.1) is 0 Å². The second-order valence-corrected chi connectivity index (χ2v) is 8.76. The maximum absolute atomic E-state index is 11.9. The van der Waals surface area contributed by atoms with Crippen LogP contribution in [0.15, 0.2) is 29.3 Å². The van der Waals surface area contributed by atoms with Crippen molar-refractivity contribution in [3.8, 4) is 0 Å². The SMILES string of the molecule is CCC=CCO/C=N/CCCOCC(COCCC(=O)ON1C(=O)CCC1=O)OCCCNCOCC=CCC. The molecular weight excluding hydrogens is 522 g/mol. The van der Waals surface area contributed by atoms with Crippen LogP contribution in [0.5, 0.6) is 0 Å². The van der Waals surface area contributed by atoms with E-state index in [9.17, 15) is 14.4 Å². The topological polar surface area (TPSA) is 134 Å². The summed E-state index contributed by atoms with van der Waals surface area (Å²) in [6.45, 7) is 8.63. The first-order valence-corrected chi connectivity index (χ1v) is 14.1. The number of imide groups is 1. The molecule has 0 aliphatic carbocycles. The number of carbonyl (C=O) groups is 3. The van der Waals surface area contributed by atoms with E-state index in [-0.39, 0.29) is 38.6 Å². The standard InChI is InChI=1S/C28H47N3O9/c1-3-5-7-16-37-23-29-14-9-18-35-21-25(39-19-10-15-30-24-38-17-8-6-4-2)22-36-20-13-28(34)40-31-26(32)11-12-27(31)33/h5-8,23,25,30H,3-4,9-22,24H2,1-2H3/b7-5?,8-6?,29-23+. The quantitative estimate of drug-likeness (QED) is 0.0414. The molecule has 40 heavy (non-hydrogen) atoms. The molecule has 0 spiro atoms. The molecule has 0 radical (unpaired) electrons. The third-order valence-corrected chi connectivity index (χ3v) is 5.25. The minimum atomic E-state index is -0.707. The number of carbonyl (C=O) groups excluding carboxylic acids is 3. The van der Waals surface area contributed by atoms with Gasteiger partial charge in [0.2, 0.25) is 0 Å². The van der Waals surface area contributed by atoms with E-state index in [1.165, 1.54) is 6.40 Å². The van der Waals surface area contributed by atoms with E-state index in [2.05, 4.69) is 30.2 Å². The Morgan fingerprint density at radius 2 is 1.62 bits per heavy atom. The maximum Gasteiger partial charge on any atom is 0.335 e. The van der Waals surface area contributed by atoms with E-state index in [1.54, 1.807) is 0 Å². The van der Waals surface area contributed by atoms with Crippen molar-refractivity contribution in [2.75, 3.05) is 66.1 Å². The van der Waals surface area contributed by atoms with E-state index >= 15 is 0 Å². The summed E-state index contributed by atoms with van der Waals surface area (Å²) in [5.41, 5.74) is 0. The molecule has 1 rings (SSSR count). The molecule has 1 aliphatic heterocycles. The summed E-state index contributed by atoms with van der Waals surface area (Å²) >= 11 is 0. The Morgan fingerprint density at radius 1 is 0.925 bits per heavy atom. The summed E-state index contributed by atoms with van der Waals surface area (Å²) in [6.07, 6.45) is 12.7. The Hall–Kier alpha value is -2.64. The number of hydrogen-bond donors (Lipinski definition) is 1. The van der Waals surface area contributed by atoms with Crippen molar-refractivity contribution >= 4 is 24.2 Å². The van der Waals surface area contributed by atoms with Crippen LogP contribution in [0.3, 0.4) is 0 Å². The highest BCUT2D eigenvalue weighted by Crippen LogP contribution is 2.12. The fourth-order valence-electron chi connectivity index (χ4n) is 3.18. The average molecular weight is 570 g/mol. The largest absolute Gasteiger partial charge is 0.479 e. The van der Waals surface area contributed by atoms with Crippen LogP contribution in [-0.4, -0.2) is 101 Å². The van der Waals surface area contributed by atoms with E-state index in [0.29, 0.717) is 51.4 Å². The summed E-state index contributed by atoms with van der Waals surface area (Å²) in [5.74, 6) is -1.73. The van der Waals surface area contributed by atoms with Crippen LogP contribution < -0.4 is 5.32 Å². The Kier molecular flexibility index (Phi) is 22.4. The molecule has 1 saturated heterocycles. The minimum Gasteiger partial charge on any atom is -0.479 e. The van der Waals surface area contributed by atoms with Crippen molar-refractivity contribution < 1.29 is 42.9 Å². The highest BCUT2D eigenvalue weighted by Gasteiger charge is 2.32. The van der Waals surface area contributed by atoms with E-state index in [4.69, 9.17) is 28.5 Å². The third kappa shape index (κ3) is 19.4. The molecule has 1 atom stereocenters. The van der Waals surface area contributed by atoms with E-state index in [1.807, 2.05) is 18.2 Å². The van der Waals surface area contributed by atoms with Crippen LogP contribution in [0.4, 0.5) is 0 Å². The third-order valence-electron chi connectivity index (χ3n) is 5.25. The molecular formula is C28H47N3O9. The smallest absolute Gasteiger partial charge is 0.335 e. The lowest BCUT2D eigenvalue weighted by Gasteiger charge is -2.18. The predicted molar refractivity (Wildman–Crippen MR) is 149 cm³/mol. The molecule has 0 bridgehead atoms. The Morgan fingerprint density at radius 3 is 2.35 bits per heavy atom. The van der Waals surface area contributed by atoms with Crippen LogP contribution in [0.1, 0.15) is 58.8 Å². The molecule has 0 saturated carbocycles. The number of allylic oxidation sites excluding steroid dienone is 2. The Bertz CT molecular complexity index is 758. The van der Waals surface area contributed by atoms with Gasteiger partial charge in [0, 0.05) is 32.6 Å². The van der Waals surface area contributed by atoms with Gasteiger partial charge in [-0.1, -0.05) is 38.2 Å². The lowest BCUT2D eigenvalue weighted by atomic mass is 10.3. The molecule has 228 valence electrons. The molecule has 1 N–H and O–H groups in total. The molecule has 12 heteroatoms. The number of hydrogen-bond acceptors (Lipinski definition) is 11. The van der Waals surface area contributed by atoms with Gasteiger partial charge < -0.3 is 28.5 Å². The zero-order valence-electron chi connectivity index (χ0n) is 24.1. The van der Waals surface area contributed by atoms with Gasteiger partial charge in [-0.25, -0.2) is 4.79 Å². The molecule has 1 heterocycles. The monoisotopic (exact) mass is 569 g/mol. The van der Waals surface area contributed by atoms with Crippen molar-refractivity contribution in [2.24, 2.45) is 4.99 Å². The molecule has 0 aromatic rings. The lowest BCUT2D eigenvalue weighted by molar-refractivity contribution is -0.198. The van der Waals surface area contributed by atoms with Crippen molar-refractivity contribution in [3.05, 3.63) is 24.3 Å². The fraction of sp³-hybridized carbons (Fsp3) is 0.714. The number of hydroxylamine groups is 2. The van der Waals surface area contributed by atoms with Crippen LogP contribution in [0.25, 0.3) is 0 Å². The summed E-state index contributed by atoms with van der Waals surface area (Å²) in [7, 11) is 0. The van der Waals surface area contributed by atoms with E-state index < -0.39 is 17.8 Å². The van der Waals surface area contributed by atoms with Gasteiger partial charge in [-0.15, -0.1) is 5.06 Å². The zero-order chi connectivity index (χ0) is 29.1. The van der Waals surface area contributed by atoms with Crippen LogP contribution in [-0.2, 0) is 42.9 Å². The highest BCUT2D eigenvalue weighted by molar-refractivity contribution is 6.01. The Balaban J connectivity index is 2.26. The molecule has 12 nitrogen and oxygen atoms in total. The number of rotatable bonds is 26. The highest BCUT2D eigenvalue weighted by atomic mass is 16.7. The first-order valence-electron chi connectivity index (χ1n) is 14.1. The summed E-state index contributed by atoms with van der Waals surface area (Å²) in [5, 5.41) is 3.73. The van der Waals surface area contributed by atoms with Crippen molar-refractivity contribution in [3.63, 3.8) is 0 Å². The fourth-order valence-corrected chi connectivity index (χ4v) is 3.18. The van der Waals surface area contributed by atoms with Gasteiger partial charge in [-0.3, -0.25) is 19.9 Å². The van der Waals surface area contributed by atoms with Gasteiger partial charge in [-0.05, 0) is 32.2 Å².